The smallest absolute Gasteiger partial charge is 0.124 e. The fourth-order valence-corrected chi connectivity index (χ4v) is 4.38. The molecule has 1 aromatic rings. The van der Waals surface area contributed by atoms with Crippen molar-refractivity contribution in [2.45, 2.75) is 58.1 Å². The SMILES string of the molecule is CC(C)Oc1ccccc1C(CC1CC2CCC1C2)NN. The minimum absolute atomic E-state index is 0.187. The summed E-state index contributed by atoms with van der Waals surface area (Å²) in [4.78, 5) is 0. The number of para-hydroxylation sites is 1. The molecule has 3 N–H and O–H groups in total. The standard InChI is InChI=1S/C18H28N2O/c1-12(2)21-18-6-4-3-5-16(18)17(20-19)11-15-10-13-7-8-14(15)9-13/h3-6,12-15,17,20H,7-11,19H2,1-2H3. The monoisotopic (exact) mass is 288 g/mol. The second-order valence-electron chi connectivity index (χ2n) is 7.09. The van der Waals surface area contributed by atoms with E-state index in [0.29, 0.717) is 0 Å². The van der Waals surface area contributed by atoms with Gasteiger partial charge in [-0.3, -0.25) is 11.3 Å². The molecule has 0 radical (unpaired) electrons. The summed E-state index contributed by atoms with van der Waals surface area (Å²) in [6.45, 7) is 4.13. The van der Waals surface area contributed by atoms with Gasteiger partial charge in [-0.15, -0.1) is 0 Å². The molecule has 2 bridgehead atoms. The van der Waals surface area contributed by atoms with E-state index in [0.717, 1.165) is 29.9 Å². The summed E-state index contributed by atoms with van der Waals surface area (Å²) in [5.74, 6) is 9.60. The molecule has 0 saturated heterocycles. The van der Waals surface area contributed by atoms with Gasteiger partial charge in [-0.1, -0.05) is 24.6 Å². The Morgan fingerprint density at radius 1 is 1.24 bits per heavy atom. The van der Waals surface area contributed by atoms with E-state index < -0.39 is 0 Å². The molecule has 0 heterocycles. The van der Waals surface area contributed by atoms with E-state index in [9.17, 15) is 0 Å². The Morgan fingerprint density at radius 3 is 2.67 bits per heavy atom. The molecular weight excluding hydrogens is 260 g/mol. The van der Waals surface area contributed by atoms with E-state index in [-0.39, 0.29) is 12.1 Å². The molecule has 2 aliphatic carbocycles. The van der Waals surface area contributed by atoms with Crippen molar-refractivity contribution in [1.29, 1.82) is 0 Å². The van der Waals surface area contributed by atoms with Crippen molar-refractivity contribution in [3.8, 4) is 5.75 Å². The van der Waals surface area contributed by atoms with E-state index in [1.165, 1.54) is 31.2 Å². The molecule has 3 rings (SSSR count). The van der Waals surface area contributed by atoms with Crippen LogP contribution in [0.4, 0.5) is 0 Å². The first-order chi connectivity index (χ1) is 10.2. The zero-order valence-corrected chi connectivity index (χ0v) is 13.2. The quantitative estimate of drug-likeness (QED) is 0.618. The third-order valence-corrected chi connectivity index (χ3v) is 5.28. The molecule has 0 aliphatic heterocycles. The average Bonchev–Trinajstić information content (AvgIpc) is 3.07. The van der Waals surface area contributed by atoms with Gasteiger partial charge < -0.3 is 4.74 Å². The minimum Gasteiger partial charge on any atom is -0.491 e. The van der Waals surface area contributed by atoms with Gasteiger partial charge in [0.15, 0.2) is 0 Å². The number of ether oxygens (including phenoxy) is 1. The van der Waals surface area contributed by atoms with Gasteiger partial charge in [-0.2, -0.15) is 0 Å². The zero-order chi connectivity index (χ0) is 14.8. The zero-order valence-electron chi connectivity index (χ0n) is 13.2. The Kier molecular flexibility index (Phi) is 4.51. The first kappa shape index (κ1) is 14.9. The van der Waals surface area contributed by atoms with Gasteiger partial charge in [-0.05, 0) is 63.4 Å². The molecule has 3 heteroatoms. The highest BCUT2D eigenvalue weighted by Crippen LogP contribution is 2.51. The van der Waals surface area contributed by atoms with E-state index in [1.54, 1.807) is 0 Å². The van der Waals surface area contributed by atoms with Gasteiger partial charge in [0.1, 0.15) is 5.75 Å². The molecule has 4 unspecified atom stereocenters. The third-order valence-electron chi connectivity index (χ3n) is 5.28. The second-order valence-corrected chi connectivity index (χ2v) is 7.09. The summed E-state index contributed by atoms with van der Waals surface area (Å²) in [6, 6.07) is 8.51. The minimum atomic E-state index is 0.187. The maximum Gasteiger partial charge on any atom is 0.124 e. The highest BCUT2D eigenvalue weighted by molar-refractivity contribution is 5.36. The summed E-state index contributed by atoms with van der Waals surface area (Å²) >= 11 is 0. The van der Waals surface area contributed by atoms with E-state index in [2.05, 4.69) is 37.5 Å². The second kappa shape index (κ2) is 6.37. The van der Waals surface area contributed by atoms with Crippen molar-refractivity contribution in [2.75, 3.05) is 0 Å². The van der Waals surface area contributed by atoms with Crippen LogP contribution >= 0.6 is 0 Å². The number of rotatable bonds is 6. The summed E-state index contributed by atoms with van der Waals surface area (Å²) in [7, 11) is 0. The van der Waals surface area contributed by atoms with Crippen LogP contribution in [0.5, 0.6) is 5.75 Å². The molecule has 2 aliphatic rings. The van der Waals surface area contributed by atoms with Gasteiger partial charge in [0.05, 0.1) is 6.10 Å². The Morgan fingerprint density at radius 2 is 2.05 bits per heavy atom. The lowest BCUT2D eigenvalue weighted by Crippen LogP contribution is -2.31. The molecule has 0 amide bonds. The van der Waals surface area contributed by atoms with Crippen molar-refractivity contribution in [1.82, 2.24) is 5.43 Å². The molecular formula is C18H28N2O. The van der Waals surface area contributed by atoms with Crippen molar-refractivity contribution in [2.24, 2.45) is 23.6 Å². The first-order valence-corrected chi connectivity index (χ1v) is 8.39. The van der Waals surface area contributed by atoms with Crippen LogP contribution in [0.1, 0.15) is 57.6 Å². The Hall–Kier alpha value is -1.06. The Bertz CT molecular complexity index is 474. The van der Waals surface area contributed by atoms with Crippen LogP contribution in [0.2, 0.25) is 0 Å². The van der Waals surface area contributed by atoms with E-state index in [1.807, 2.05) is 6.07 Å². The van der Waals surface area contributed by atoms with E-state index >= 15 is 0 Å². The molecule has 4 atom stereocenters. The largest absolute Gasteiger partial charge is 0.491 e. The number of hydrazine groups is 1. The maximum atomic E-state index is 5.96. The lowest BCUT2D eigenvalue weighted by Gasteiger charge is -2.28. The van der Waals surface area contributed by atoms with Crippen LogP contribution in [0.25, 0.3) is 0 Å². The Balaban J connectivity index is 1.73. The highest BCUT2D eigenvalue weighted by atomic mass is 16.5. The molecule has 2 fully saturated rings. The van der Waals surface area contributed by atoms with Crippen LogP contribution in [-0.4, -0.2) is 6.10 Å². The number of nitrogens with one attached hydrogen (secondary N) is 1. The molecule has 2 saturated carbocycles. The lowest BCUT2D eigenvalue weighted by atomic mass is 9.83. The van der Waals surface area contributed by atoms with Crippen LogP contribution in [-0.2, 0) is 0 Å². The summed E-state index contributed by atoms with van der Waals surface area (Å²) in [5, 5.41) is 0. The number of fused-ring (bicyclic) bond motifs is 2. The number of nitrogens with two attached hydrogens (primary N) is 1. The number of hydrogen-bond acceptors (Lipinski definition) is 3. The number of benzene rings is 1. The van der Waals surface area contributed by atoms with Crippen molar-refractivity contribution in [3.05, 3.63) is 29.8 Å². The fraction of sp³-hybridized carbons (Fsp3) is 0.667. The topological polar surface area (TPSA) is 47.3 Å². The third kappa shape index (κ3) is 3.24. The summed E-state index contributed by atoms with van der Waals surface area (Å²) in [5.41, 5.74) is 4.24. The van der Waals surface area contributed by atoms with Gasteiger partial charge in [0, 0.05) is 11.6 Å². The first-order valence-electron chi connectivity index (χ1n) is 8.39. The van der Waals surface area contributed by atoms with E-state index in [4.69, 9.17) is 10.6 Å². The summed E-state index contributed by atoms with van der Waals surface area (Å²) < 4.78 is 5.96. The van der Waals surface area contributed by atoms with Crippen molar-refractivity contribution >= 4 is 0 Å². The van der Waals surface area contributed by atoms with Gasteiger partial charge >= 0.3 is 0 Å². The molecule has 3 nitrogen and oxygen atoms in total. The lowest BCUT2D eigenvalue weighted by molar-refractivity contribution is 0.232. The van der Waals surface area contributed by atoms with Crippen LogP contribution < -0.4 is 16.0 Å². The normalized spacial score (nSPS) is 29.0. The molecule has 0 spiro atoms. The Labute approximate surface area is 128 Å². The van der Waals surface area contributed by atoms with Crippen LogP contribution in [0, 0.1) is 17.8 Å². The highest BCUT2D eigenvalue weighted by Gasteiger charge is 2.40. The number of hydrogen-bond donors (Lipinski definition) is 2. The van der Waals surface area contributed by atoms with Gasteiger partial charge in [0.2, 0.25) is 0 Å². The van der Waals surface area contributed by atoms with Crippen LogP contribution in [0.3, 0.4) is 0 Å². The molecule has 0 aromatic heterocycles. The summed E-state index contributed by atoms with van der Waals surface area (Å²) in [6.07, 6.45) is 7.05. The van der Waals surface area contributed by atoms with Gasteiger partial charge in [0.25, 0.3) is 0 Å². The average molecular weight is 288 g/mol. The fourth-order valence-electron chi connectivity index (χ4n) is 4.38. The van der Waals surface area contributed by atoms with Crippen molar-refractivity contribution < 1.29 is 4.74 Å². The molecule has 1 aromatic carbocycles. The molecule has 21 heavy (non-hydrogen) atoms. The van der Waals surface area contributed by atoms with Crippen LogP contribution in [0.15, 0.2) is 24.3 Å². The van der Waals surface area contributed by atoms with Gasteiger partial charge in [-0.25, -0.2) is 0 Å². The predicted octanol–water partition coefficient (Wildman–Crippen LogP) is 3.80. The maximum absolute atomic E-state index is 5.96. The van der Waals surface area contributed by atoms with Crippen molar-refractivity contribution in [3.63, 3.8) is 0 Å². The predicted molar refractivity (Wildman–Crippen MR) is 85.8 cm³/mol. The molecule has 116 valence electrons.